The number of aromatic nitrogens is 3. The lowest BCUT2D eigenvalue weighted by molar-refractivity contribution is -0.113. The molecule has 2 amide bonds. The summed E-state index contributed by atoms with van der Waals surface area (Å²) in [4.78, 5) is 25.5. The second kappa shape index (κ2) is 8.36. The molecule has 4 rings (SSSR count). The third kappa shape index (κ3) is 3.73. The molecule has 0 saturated carbocycles. The van der Waals surface area contributed by atoms with Crippen LogP contribution in [0, 0.1) is 0 Å². The van der Waals surface area contributed by atoms with Crippen LogP contribution >= 0.6 is 23.1 Å². The molecule has 3 aromatic rings. The zero-order valence-corrected chi connectivity index (χ0v) is 17.8. The zero-order chi connectivity index (χ0) is 21.3. The lowest BCUT2D eigenvalue weighted by Gasteiger charge is -2.08. The number of nitrogens with two attached hydrogens (primary N) is 2. The van der Waals surface area contributed by atoms with Crippen molar-refractivity contribution < 1.29 is 14.3 Å². The maximum absolute atomic E-state index is 12.5. The summed E-state index contributed by atoms with van der Waals surface area (Å²) in [6.07, 6.45) is 2.73. The monoisotopic (exact) mass is 444 g/mol. The number of nitrogens with one attached hydrogen (secondary N) is 1. The second-order valence-corrected chi connectivity index (χ2v) is 8.69. The quantitative estimate of drug-likeness (QED) is 0.374. The number of aryl methyl sites for hydroxylation is 1. The smallest absolute Gasteiger partial charge is 0.251 e. The van der Waals surface area contributed by atoms with E-state index in [-0.39, 0.29) is 11.7 Å². The summed E-state index contributed by atoms with van der Waals surface area (Å²) in [7, 11) is 1.57. The average molecular weight is 445 g/mol. The first-order valence-corrected chi connectivity index (χ1v) is 11.0. The third-order valence-electron chi connectivity index (χ3n) is 4.77. The van der Waals surface area contributed by atoms with E-state index in [1.165, 1.54) is 16.0 Å². The topological polar surface area (TPSA) is 138 Å². The van der Waals surface area contributed by atoms with Crippen LogP contribution in [0.15, 0.2) is 29.4 Å². The van der Waals surface area contributed by atoms with Gasteiger partial charge in [-0.3, -0.25) is 9.59 Å². The first-order chi connectivity index (χ1) is 14.5. The van der Waals surface area contributed by atoms with E-state index in [1.807, 2.05) is 18.2 Å². The number of primary amides is 1. The Kier molecular flexibility index (Phi) is 5.64. The van der Waals surface area contributed by atoms with E-state index in [0.29, 0.717) is 32.9 Å². The first-order valence-electron chi connectivity index (χ1n) is 9.20. The van der Waals surface area contributed by atoms with Crippen molar-refractivity contribution in [1.82, 2.24) is 14.9 Å². The van der Waals surface area contributed by atoms with Gasteiger partial charge in [0.25, 0.3) is 5.91 Å². The number of rotatable bonds is 7. The highest BCUT2D eigenvalue weighted by atomic mass is 32.2. The summed E-state index contributed by atoms with van der Waals surface area (Å²) < 4.78 is 6.66. The normalized spacial score (nSPS) is 12.6. The molecule has 0 bridgehead atoms. The van der Waals surface area contributed by atoms with Gasteiger partial charge in [0.1, 0.15) is 10.8 Å². The Bertz CT molecular complexity index is 1120. The molecule has 1 aliphatic carbocycles. The van der Waals surface area contributed by atoms with Gasteiger partial charge in [0, 0.05) is 4.88 Å². The molecule has 30 heavy (non-hydrogen) atoms. The fraction of sp³-hybridized carbons (Fsp3) is 0.263. The standard InChI is InChI=1S/C19H20N6O3S2/c1-28-12-7-3-2-5-10(12)17-23-24-19(25(17)21)29-9-14(26)22-18-15(16(20)27)11-6-4-8-13(11)30-18/h2-3,5,7H,4,6,8-9,21H2,1H3,(H2,20,27)(H,22,26). The Morgan fingerprint density at radius 2 is 2.10 bits per heavy atom. The number of carbonyl (C=O) groups is 2. The van der Waals surface area contributed by atoms with E-state index in [0.717, 1.165) is 41.5 Å². The Balaban J connectivity index is 1.46. The molecule has 2 aromatic heterocycles. The molecule has 0 atom stereocenters. The maximum Gasteiger partial charge on any atom is 0.251 e. The van der Waals surface area contributed by atoms with Crippen molar-refractivity contribution in [1.29, 1.82) is 0 Å². The predicted octanol–water partition coefficient (Wildman–Crippen LogP) is 2.05. The highest BCUT2D eigenvalue weighted by molar-refractivity contribution is 7.99. The lowest BCUT2D eigenvalue weighted by atomic mass is 10.1. The van der Waals surface area contributed by atoms with Gasteiger partial charge in [0.05, 0.1) is 24.0 Å². The van der Waals surface area contributed by atoms with E-state index in [9.17, 15) is 9.59 Å². The van der Waals surface area contributed by atoms with Crippen LogP contribution in [0.5, 0.6) is 5.75 Å². The molecule has 0 radical (unpaired) electrons. The molecule has 2 heterocycles. The van der Waals surface area contributed by atoms with Gasteiger partial charge in [-0.1, -0.05) is 23.9 Å². The van der Waals surface area contributed by atoms with Gasteiger partial charge in [-0.05, 0) is 37.0 Å². The molecule has 156 valence electrons. The van der Waals surface area contributed by atoms with Gasteiger partial charge in [-0.25, -0.2) is 4.68 Å². The average Bonchev–Trinajstić information content (AvgIpc) is 3.40. The number of thioether (sulfide) groups is 1. The minimum atomic E-state index is -0.513. The van der Waals surface area contributed by atoms with Crippen molar-refractivity contribution >= 4 is 39.9 Å². The number of nitrogen functional groups attached to an aromatic ring is 1. The predicted molar refractivity (Wildman–Crippen MR) is 116 cm³/mol. The number of benzene rings is 1. The Morgan fingerprint density at radius 1 is 1.30 bits per heavy atom. The fourth-order valence-electron chi connectivity index (χ4n) is 3.43. The number of hydrogen-bond donors (Lipinski definition) is 3. The van der Waals surface area contributed by atoms with Gasteiger partial charge in [0.15, 0.2) is 5.82 Å². The molecule has 0 fully saturated rings. The number of carbonyl (C=O) groups excluding carboxylic acids is 2. The molecule has 1 aromatic carbocycles. The Hall–Kier alpha value is -3.05. The highest BCUT2D eigenvalue weighted by Crippen LogP contribution is 2.39. The van der Waals surface area contributed by atoms with Crippen molar-refractivity contribution in [2.24, 2.45) is 5.73 Å². The molecular weight excluding hydrogens is 424 g/mol. The van der Waals surface area contributed by atoms with Crippen LogP contribution in [0.1, 0.15) is 27.2 Å². The zero-order valence-electron chi connectivity index (χ0n) is 16.2. The molecule has 0 spiro atoms. The van der Waals surface area contributed by atoms with Gasteiger partial charge in [0.2, 0.25) is 11.1 Å². The summed E-state index contributed by atoms with van der Waals surface area (Å²) in [6, 6.07) is 7.33. The molecule has 11 heteroatoms. The lowest BCUT2D eigenvalue weighted by Crippen LogP contribution is -2.19. The summed E-state index contributed by atoms with van der Waals surface area (Å²) in [6.45, 7) is 0. The van der Waals surface area contributed by atoms with Crippen molar-refractivity contribution in [3.8, 4) is 17.1 Å². The van der Waals surface area contributed by atoms with Crippen LogP contribution in [0.25, 0.3) is 11.4 Å². The summed E-state index contributed by atoms with van der Waals surface area (Å²) in [5.41, 5.74) is 7.64. The maximum atomic E-state index is 12.5. The summed E-state index contributed by atoms with van der Waals surface area (Å²) in [5.74, 6) is 6.46. The van der Waals surface area contributed by atoms with Crippen LogP contribution in [0.3, 0.4) is 0 Å². The van der Waals surface area contributed by atoms with E-state index in [4.69, 9.17) is 16.3 Å². The number of methoxy groups -OCH3 is 1. The fourth-order valence-corrected chi connectivity index (χ4v) is 5.40. The molecule has 1 aliphatic rings. The Labute approximate surface area is 180 Å². The number of thiophene rings is 1. The minimum absolute atomic E-state index is 0.0576. The molecule has 5 N–H and O–H groups in total. The van der Waals surface area contributed by atoms with Crippen LogP contribution in [0.4, 0.5) is 5.00 Å². The highest BCUT2D eigenvalue weighted by Gasteiger charge is 2.26. The number of nitrogens with zero attached hydrogens (tertiary/aromatic N) is 3. The van der Waals surface area contributed by atoms with Crippen molar-refractivity contribution in [3.05, 3.63) is 40.3 Å². The van der Waals surface area contributed by atoms with Gasteiger partial charge < -0.3 is 21.6 Å². The van der Waals surface area contributed by atoms with Crippen molar-refractivity contribution in [2.75, 3.05) is 24.0 Å². The van der Waals surface area contributed by atoms with Crippen LogP contribution in [0.2, 0.25) is 0 Å². The molecule has 9 nitrogen and oxygen atoms in total. The van der Waals surface area contributed by atoms with Gasteiger partial charge >= 0.3 is 0 Å². The van der Waals surface area contributed by atoms with Crippen molar-refractivity contribution in [3.63, 3.8) is 0 Å². The van der Waals surface area contributed by atoms with Crippen LogP contribution in [-0.2, 0) is 17.6 Å². The number of para-hydroxylation sites is 1. The molecular formula is C19H20N6O3S2. The van der Waals surface area contributed by atoms with Gasteiger partial charge in [-0.15, -0.1) is 21.5 Å². The number of hydrogen-bond acceptors (Lipinski definition) is 8. The number of anilines is 1. The molecule has 0 aliphatic heterocycles. The largest absolute Gasteiger partial charge is 0.496 e. The SMILES string of the molecule is COc1ccccc1-c1nnc(SCC(=O)Nc2sc3c(c2C(N)=O)CCC3)n1N. The van der Waals surface area contributed by atoms with E-state index in [1.54, 1.807) is 13.2 Å². The second-order valence-electron chi connectivity index (χ2n) is 6.64. The van der Waals surface area contributed by atoms with E-state index >= 15 is 0 Å². The number of ether oxygens (including phenoxy) is 1. The minimum Gasteiger partial charge on any atom is -0.496 e. The van der Waals surface area contributed by atoms with Crippen LogP contribution < -0.4 is 21.6 Å². The van der Waals surface area contributed by atoms with E-state index in [2.05, 4.69) is 15.5 Å². The summed E-state index contributed by atoms with van der Waals surface area (Å²) >= 11 is 2.57. The van der Waals surface area contributed by atoms with Crippen molar-refractivity contribution in [2.45, 2.75) is 24.4 Å². The number of fused-ring (bicyclic) bond motifs is 1. The van der Waals surface area contributed by atoms with Gasteiger partial charge in [-0.2, -0.15) is 0 Å². The first kappa shape index (κ1) is 20.2. The third-order valence-corrected chi connectivity index (χ3v) is 6.92. The van der Waals surface area contributed by atoms with Crippen LogP contribution in [-0.4, -0.2) is 39.6 Å². The molecule has 0 saturated heterocycles. The summed E-state index contributed by atoms with van der Waals surface area (Å²) in [5, 5.41) is 11.9. The van der Waals surface area contributed by atoms with E-state index < -0.39 is 5.91 Å². The number of amides is 2. The Morgan fingerprint density at radius 3 is 2.87 bits per heavy atom. The molecule has 0 unspecified atom stereocenters.